The van der Waals surface area contributed by atoms with E-state index in [0.29, 0.717) is 18.5 Å². The Kier molecular flexibility index (Phi) is 9.54. The highest BCUT2D eigenvalue weighted by Gasteiger charge is 2.21. The number of aliphatic hydroxyl groups is 1. The molecule has 0 saturated carbocycles. The highest BCUT2D eigenvalue weighted by Crippen LogP contribution is 2.28. The Bertz CT molecular complexity index is 1370. The molecule has 3 aromatic carbocycles. The zero-order valence-corrected chi connectivity index (χ0v) is 23.1. The molecule has 3 aromatic rings. The van der Waals surface area contributed by atoms with E-state index < -0.39 is 16.1 Å². The first kappa shape index (κ1) is 29.2. The number of aromatic hydroxyl groups is 1. The number of benzene rings is 3. The average molecular weight is 540 g/mol. The molecule has 0 heterocycles. The maximum Gasteiger partial charge on any atom is 0.229 e. The number of nitrogens with one attached hydrogen (secondary N) is 3. The van der Waals surface area contributed by atoms with E-state index in [2.05, 4.69) is 21.4 Å². The lowest BCUT2D eigenvalue weighted by Crippen LogP contribution is -2.43. The number of carbonyl (C=O) groups excluding carboxylic acids is 1. The summed E-state index contributed by atoms with van der Waals surface area (Å²) in [5.41, 5.74) is 4.32. The third-order valence-electron chi connectivity index (χ3n) is 6.05. The fourth-order valence-electron chi connectivity index (χ4n) is 4.23. The van der Waals surface area contributed by atoms with Gasteiger partial charge in [0.05, 0.1) is 24.5 Å². The first-order valence-corrected chi connectivity index (χ1v) is 14.3. The number of hydrogen-bond donors (Lipinski definition) is 5. The first-order chi connectivity index (χ1) is 17.8. The van der Waals surface area contributed by atoms with Crippen molar-refractivity contribution in [3.05, 3.63) is 94.5 Å². The monoisotopic (exact) mass is 539 g/mol. The minimum Gasteiger partial charge on any atom is -0.506 e. The maximum absolute atomic E-state index is 12.5. The molecule has 1 atom stereocenters. The first-order valence-electron chi connectivity index (χ1n) is 12.4. The van der Waals surface area contributed by atoms with Crippen LogP contribution in [0.1, 0.15) is 47.8 Å². The third-order valence-corrected chi connectivity index (χ3v) is 6.64. The van der Waals surface area contributed by atoms with E-state index in [1.807, 2.05) is 63.2 Å². The number of β-amino-alcohol motifs (C(OH)–C–C–N with tert-alkyl or cyclic N) is 1. The van der Waals surface area contributed by atoms with Crippen molar-refractivity contribution in [1.82, 2.24) is 10.6 Å². The van der Waals surface area contributed by atoms with Gasteiger partial charge >= 0.3 is 0 Å². The Morgan fingerprint density at radius 3 is 2.37 bits per heavy atom. The van der Waals surface area contributed by atoms with E-state index in [4.69, 9.17) is 0 Å². The number of aliphatic hydroxyl groups excluding tert-OH is 1. The summed E-state index contributed by atoms with van der Waals surface area (Å²) in [4.78, 5) is 12.5. The van der Waals surface area contributed by atoms with Crippen molar-refractivity contribution >= 4 is 21.6 Å². The van der Waals surface area contributed by atoms with E-state index in [0.717, 1.165) is 28.5 Å². The zero-order chi connectivity index (χ0) is 27.9. The quantitative estimate of drug-likeness (QED) is 0.224. The molecule has 0 saturated heterocycles. The van der Waals surface area contributed by atoms with E-state index >= 15 is 0 Å². The van der Waals surface area contributed by atoms with E-state index in [-0.39, 0.29) is 35.8 Å². The van der Waals surface area contributed by atoms with Crippen LogP contribution in [-0.4, -0.2) is 42.9 Å². The smallest absolute Gasteiger partial charge is 0.229 e. The number of hydrogen-bond acceptors (Lipinski definition) is 6. The number of phenolic OH excluding ortho intramolecular Hbond substituents is 1. The lowest BCUT2D eigenvalue weighted by atomic mass is 9.93. The second-order valence-corrected chi connectivity index (χ2v) is 12.1. The van der Waals surface area contributed by atoms with Crippen molar-refractivity contribution in [3.8, 4) is 5.75 Å². The fourth-order valence-corrected chi connectivity index (χ4v) is 4.79. The zero-order valence-electron chi connectivity index (χ0n) is 22.3. The van der Waals surface area contributed by atoms with Gasteiger partial charge in [-0.1, -0.05) is 60.2 Å². The van der Waals surface area contributed by atoms with Crippen LogP contribution in [0.15, 0.2) is 66.7 Å². The second-order valence-electron chi connectivity index (χ2n) is 10.4. The van der Waals surface area contributed by atoms with E-state index in [1.165, 1.54) is 12.1 Å². The molecule has 0 bridgehead atoms. The Labute approximate surface area is 225 Å². The summed E-state index contributed by atoms with van der Waals surface area (Å²) in [5.74, 6) is -0.258. The van der Waals surface area contributed by atoms with Gasteiger partial charge in [0.1, 0.15) is 5.75 Å². The second kappa shape index (κ2) is 12.4. The van der Waals surface area contributed by atoms with Crippen LogP contribution in [0.25, 0.3) is 0 Å². The van der Waals surface area contributed by atoms with Gasteiger partial charge in [0.15, 0.2) is 0 Å². The summed E-state index contributed by atoms with van der Waals surface area (Å²) in [6.45, 7) is 6.78. The van der Waals surface area contributed by atoms with Gasteiger partial charge in [0, 0.05) is 18.6 Å². The number of carbonyl (C=O) groups is 1. The molecule has 38 heavy (non-hydrogen) atoms. The van der Waals surface area contributed by atoms with Crippen LogP contribution >= 0.6 is 0 Å². The fraction of sp³-hybridized carbons (Fsp3) is 0.345. The van der Waals surface area contributed by atoms with Crippen LogP contribution in [-0.2, 0) is 34.2 Å². The van der Waals surface area contributed by atoms with E-state index in [1.54, 1.807) is 6.07 Å². The maximum atomic E-state index is 12.5. The van der Waals surface area contributed by atoms with Gasteiger partial charge < -0.3 is 20.8 Å². The van der Waals surface area contributed by atoms with Crippen LogP contribution in [0, 0.1) is 6.92 Å². The van der Waals surface area contributed by atoms with Crippen LogP contribution in [0.3, 0.4) is 0 Å². The number of anilines is 1. The number of amides is 1. The van der Waals surface area contributed by atoms with Crippen molar-refractivity contribution < 1.29 is 23.4 Å². The Balaban J connectivity index is 1.55. The molecular formula is C29H37N3O5S. The average Bonchev–Trinajstić information content (AvgIpc) is 2.82. The molecule has 8 nitrogen and oxygen atoms in total. The predicted octanol–water partition coefficient (Wildman–Crippen LogP) is 3.58. The molecule has 0 aliphatic carbocycles. The summed E-state index contributed by atoms with van der Waals surface area (Å²) in [7, 11) is -3.57. The molecule has 0 aromatic heterocycles. The van der Waals surface area contributed by atoms with Gasteiger partial charge in [-0.15, -0.1) is 0 Å². The van der Waals surface area contributed by atoms with Gasteiger partial charge in [-0.2, -0.15) is 0 Å². The molecule has 0 aliphatic rings. The summed E-state index contributed by atoms with van der Waals surface area (Å²) < 4.78 is 25.3. The standard InChI is InChI=1S/C29H37N3O5S/c1-20-7-5-10-23(13-20)18-30-28(35)15-21-8-6-9-22(14-21)17-29(2,3)31-19-27(34)24-11-12-26(33)25(16-24)32-38(4,36)37/h5-14,16,27,31-34H,15,17-19H2,1-4H3,(H,30,35)/t27-/m1/s1. The molecule has 3 rings (SSSR count). The van der Waals surface area contributed by atoms with Crippen LogP contribution in [0.5, 0.6) is 5.75 Å². The number of phenols is 1. The van der Waals surface area contributed by atoms with Crippen LogP contribution in [0.4, 0.5) is 5.69 Å². The van der Waals surface area contributed by atoms with Crippen molar-refractivity contribution in [3.63, 3.8) is 0 Å². The van der Waals surface area contributed by atoms with Gasteiger partial charge in [-0.05, 0) is 61.6 Å². The molecule has 0 aliphatic heterocycles. The minimum atomic E-state index is -3.57. The van der Waals surface area contributed by atoms with Crippen LogP contribution in [0.2, 0.25) is 0 Å². The SMILES string of the molecule is Cc1cccc(CNC(=O)Cc2cccc(CC(C)(C)NC[C@@H](O)c3ccc(O)c(NS(C)(=O)=O)c3)c2)c1. The summed E-state index contributed by atoms with van der Waals surface area (Å²) in [5, 5.41) is 27.0. The molecular weight excluding hydrogens is 502 g/mol. The van der Waals surface area contributed by atoms with Gasteiger partial charge in [-0.25, -0.2) is 8.42 Å². The Morgan fingerprint density at radius 1 is 0.974 bits per heavy atom. The van der Waals surface area contributed by atoms with Gasteiger partial charge in [0.25, 0.3) is 0 Å². The summed E-state index contributed by atoms with van der Waals surface area (Å²) >= 11 is 0. The lowest BCUT2D eigenvalue weighted by molar-refractivity contribution is -0.120. The topological polar surface area (TPSA) is 128 Å². The summed E-state index contributed by atoms with van der Waals surface area (Å²) in [6, 6.07) is 20.3. The van der Waals surface area contributed by atoms with Crippen LogP contribution < -0.4 is 15.4 Å². The summed E-state index contributed by atoms with van der Waals surface area (Å²) in [6.07, 6.45) is 1.02. The molecule has 0 radical (unpaired) electrons. The Hall–Kier alpha value is -3.40. The number of aryl methyl sites for hydroxylation is 1. The molecule has 5 N–H and O–H groups in total. The van der Waals surface area contributed by atoms with Gasteiger partial charge in [-0.3, -0.25) is 9.52 Å². The molecule has 0 spiro atoms. The molecule has 1 amide bonds. The lowest BCUT2D eigenvalue weighted by Gasteiger charge is -2.28. The van der Waals surface area contributed by atoms with Crippen molar-refractivity contribution in [2.24, 2.45) is 0 Å². The molecule has 204 valence electrons. The number of rotatable bonds is 12. The van der Waals surface area contributed by atoms with E-state index in [9.17, 15) is 23.4 Å². The molecule has 0 fully saturated rings. The number of sulfonamides is 1. The van der Waals surface area contributed by atoms with Crippen molar-refractivity contribution in [2.75, 3.05) is 17.5 Å². The largest absolute Gasteiger partial charge is 0.506 e. The molecule has 9 heteroatoms. The minimum absolute atomic E-state index is 0.0167. The highest BCUT2D eigenvalue weighted by atomic mass is 32.2. The highest BCUT2D eigenvalue weighted by molar-refractivity contribution is 7.92. The molecule has 0 unspecified atom stereocenters. The van der Waals surface area contributed by atoms with Gasteiger partial charge in [0.2, 0.25) is 15.9 Å². The van der Waals surface area contributed by atoms with Crippen molar-refractivity contribution in [1.29, 1.82) is 0 Å². The third kappa shape index (κ3) is 9.48. The van der Waals surface area contributed by atoms with Crippen molar-refractivity contribution in [2.45, 2.75) is 51.8 Å². The predicted molar refractivity (Wildman–Crippen MR) is 150 cm³/mol. The normalized spacial score (nSPS) is 12.7. The Morgan fingerprint density at radius 2 is 1.66 bits per heavy atom.